The first-order valence-corrected chi connectivity index (χ1v) is 8.15. The molecule has 0 aromatic heterocycles. The molecule has 0 aliphatic carbocycles. The smallest absolute Gasteiger partial charge is 0.0409 e. The van der Waals surface area contributed by atoms with Crippen LogP contribution in [0.25, 0.3) is 0 Å². The summed E-state index contributed by atoms with van der Waals surface area (Å²) in [5.74, 6) is 0.679. The highest BCUT2D eigenvalue weighted by atomic mass is 15.2. The molecule has 1 spiro atoms. The number of aryl methyl sites for hydroxylation is 2. The van der Waals surface area contributed by atoms with Gasteiger partial charge in [0.05, 0.1) is 0 Å². The molecule has 0 amide bonds. The summed E-state index contributed by atoms with van der Waals surface area (Å²) in [6.45, 7) is 12.8. The van der Waals surface area contributed by atoms with Crippen molar-refractivity contribution >= 4 is 5.69 Å². The van der Waals surface area contributed by atoms with E-state index in [-0.39, 0.29) is 0 Å². The minimum Gasteiger partial charge on any atom is -0.379 e. The third-order valence-electron chi connectivity index (χ3n) is 5.39. The van der Waals surface area contributed by atoms with Crippen LogP contribution in [0.2, 0.25) is 0 Å². The number of fused-ring (bicyclic) bond motifs is 1. The molecular weight excluding hydrogens is 244 g/mol. The molecule has 20 heavy (non-hydrogen) atoms. The molecule has 2 aliphatic rings. The van der Waals surface area contributed by atoms with Gasteiger partial charge in [0, 0.05) is 24.3 Å². The fourth-order valence-electron chi connectivity index (χ4n) is 4.20. The third kappa shape index (κ3) is 2.35. The van der Waals surface area contributed by atoms with E-state index in [9.17, 15) is 0 Å². The van der Waals surface area contributed by atoms with Crippen LogP contribution in [-0.4, -0.2) is 30.1 Å². The van der Waals surface area contributed by atoms with Crippen LogP contribution in [0.15, 0.2) is 12.1 Å². The number of hydrogen-bond acceptors (Lipinski definition) is 2. The van der Waals surface area contributed by atoms with E-state index < -0.39 is 0 Å². The van der Waals surface area contributed by atoms with Gasteiger partial charge in [-0.15, -0.1) is 0 Å². The molecule has 3 rings (SSSR count). The zero-order valence-corrected chi connectivity index (χ0v) is 13.4. The van der Waals surface area contributed by atoms with E-state index in [1.807, 2.05) is 0 Å². The fraction of sp³-hybridized carbons (Fsp3) is 0.667. The second-order valence-corrected chi connectivity index (χ2v) is 6.99. The number of rotatable bonds is 1. The lowest BCUT2D eigenvalue weighted by molar-refractivity contribution is 0.166. The van der Waals surface area contributed by atoms with Crippen molar-refractivity contribution in [1.29, 1.82) is 0 Å². The van der Waals surface area contributed by atoms with Gasteiger partial charge in [-0.3, -0.25) is 0 Å². The van der Waals surface area contributed by atoms with E-state index in [2.05, 4.69) is 50.0 Å². The first kappa shape index (κ1) is 13.9. The molecule has 2 nitrogen and oxygen atoms in total. The van der Waals surface area contributed by atoms with Crippen LogP contribution in [-0.2, 0) is 0 Å². The molecule has 2 heterocycles. The Bertz CT molecular complexity index is 498. The molecule has 2 heteroatoms. The largest absolute Gasteiger partial charge is 0.379 e. The van der Waals surface area contributed by atoms with Crippen molar-refractivity contribution in [1.82, 2.24) is 4.90 Å². The Balaban J connectivity index is 1.89. The Morgan fingerprint density at radius 2 is 1.95 bits per heavy atom. The van der Waals surface area contributed by atoms with Gasteiger partial charge in [0.2, 0.25) is 0 Å². The lowest BCUT2D eigenvalue weighted by Gasteiger charge is -2.48. The summed E-state index contributed by atoms with van der Waals surface area (Å²) in [6, 6.07) is 4.70. The number of nitrogens with zero attached hydrogens (tertiary/aromatic N) is 1. The van der Waals surface area contributed by atoms with Crippen LogP contribution >= 0.6 is 0 Å². The van der Waals surface area contributed by atoms with Crippen molar-refractivity contribution in [2.45, 2.75) is 58.4 Å². The summed E-state index contributed by atoms with van der Waals surface area (Å²) in [5.41, 5.74) is 6.12. The molecule has 0 radical (unpaired) electrons. The van der Waals surface area contributed by atoms with E-state index in [0.717, 1.165) is 0 Å². The van der Waals surface area contributed by atoms with E-state index >= 15 is 0 Å². The first-order valence-electron chi connectivity index (χ1n) is 8.15. The Labute approximate surface area is 123 Å². The monoisotopic (exact) mass is 272 g/mol. The summed E-state index contributed by atoms with van der Waals surface area (Å²) in [5, 5.41) is 3.96. The quantitative estimate of drug-likeness (QED) is 0.829. The van der Waals surface area contributed by atoms with Crippen molar-refractivity contribution in [3.63, 3.8) is 0 Å². The fourth-order valence-corrected chi connectivity index (χ4v) is 4.20. The Kier molecular flexibility index (Phi) is 3.53. The number of likely N-dealkylation sites (tertiary alicyclic amines) is 1. The SMILES string of the molecule is CCN1CCC2(CC1)CC(C)c1cc(C)cc(C)c1N2. The molecule has 0 saturated carbocycles. The van der Waals surface area contributed by atoms with Gasteiger partial charge in [-0.2, -0.15) is 0 Å². The van der Waals surface area contributed by atoms with Crippen molar-refractivity contribution in [3.05, 3.63) is 28.8 Å². The molecule has 1 unspecified atom stereocenters. The normalized spacial score (nSPS) is 25.3. The zero-order chi connectivity index (χ0) is 14.3. The molecular formula is C18H28N2. The minimum atomic E-state index is 0.345. The predicted molar refractivity (Wildman–Crippen MR) is 86.6 cm³/mol. The van der Waals surface area contributed by atoms with Gasteiger partial charge >= 0.3 is 0 Å². The topological polar surface area (TPSA) is 15.3 Å². The van der Waals surface area contributed by atoms with Crippen LogP contribution in [0.4, 0.5) is 5.69 Å². The summed E-state index contributed by atoms with van der Waals surface area (Å²) in [6.07, 6.45) is 3.87. The number of benzene rings is 1. The number of nitrogens with one attached hydrogen (secondary N) is 1. The van der Waals surface area contributed by atoms with Gasteiger partial charge in [0.1, 0.15) is 0 Å². The maximum Gasteiger partial charge on any atom is 0.0409 e. The van der Waals surface area contributed by atoms with Crippen LogP contribution < -0.4 is 5.32 Å². The molecule has 1 atom stereocenters. The van der Waals surface area contributed by atoms with E-state index in [1.165, 1.54) is 61.3 Å². The van der Waals surface area contributed by atoms with E-state index in [0.29, 0.717) is 11.5 Å². The third-order valence-corrected chi connectivity index (χ3v) is 5.39. The standard InChI is InChI=1S/C18H28N2/c1-5-20-8-6-18(7-9-20)12-15(4)16-11-13(2)10-14(3)17(16)19-18/h10-11,15,19H,5-9,12H2,1-4H3. The van der Waals surface area contributed by atoms with Gasteiger partial charge in [-0.1, -0.05) is 31.5 Å². The second kappa shape index (κ2) is 5.07. The van der Waals surface area contributed by atoms with Crippen LogP contribution in [0.3, 0.4) is 0 Å². The highest BCUT2D eigenvalue weighted by molar-refractivity contribution is 5.63. The van der Waals surface area contributed by atoms with Crippen LogP contribution in [0.5, 0.6) is 0 Å². The van der Waals surface area contributed by atoms with Crippen molar-refractivity contribution in [2.24, 2.45) is 0 Å². The predicted octanol–water partition coefficient (Wildman–Crippen LogP) is 4.08. The highest BCUT2D eigenvalue weighted by Gasteiger charge is 2.39. The van der Waals surface area contributed by atoms with Crippen molar-refractivity contribution in [3.8, 4) is 0 Å². The summed E-state index contributed by atoms with van der Waals surface area (Å²) in [4.78, 5) is 2.58. The summed E-state index contributed by atoms with van der Waals surface area (Å²) < 4.78 is 0. The summed E-state index contributed by atoms with van der Waals surface area (Å²) >= 11 is 0. The maximum absolute atomic E-state index is 3.96. The first-order chi connectivity index (χ1) is 9.53. The molecule has 2 aliphatic heterocycles. The Morgan fingerprint density at radius 1 is 1.25 bits per heavy atom. The Morgan fingerprint density at radius 3 is 2.60 bits per heavy atom. The van der Waals surface area contributed by atoms with Crippen LogP contribution in [0.1, 0.15) is 55.7 Å². The van der Waals surface area contributed by atoms with E-state index in [1.54, 1.807) is 0 Å². The number of piperidine rings is 1. The van der Waals surface area contributed by atoms with Gasteiger partial charge in [-0.25, -0.2) is 0 Å². The van der Waals surface area contributed by atoms with Gasteiger partial charge in [0.15, 0.2) is 0 Å². The average molecular weight is 272 g/mol. The van der Waals surface area contributed by atoms with Gasteiger partial charge in [0.25, 0.3) is 0 Å². The molecule has 1 saturated heterocycles. The zero-order valence-electron chi connectivity index (χ0n) is 13.4. The molecule has 110 valence electrons. The van der Waals surface area contributed by atoms with E-state index in [4.69, 9.17) is 0 Å². The molecule has 0 bridgehead atoms. The van der Waals surface area contributed by atoms with Crippen molar-refractivity contribution in [2.75, 3.05) is 25.0 Å². The van der Waals surface area contributed by atoms with Gasteiger partial charge in [-0.05, 0) is 56.7 Å². The van der Waals surface area contributed by atoms with Crippen molar-refractivity contribution < 1.29 is 0 Å². The molecule has 1 aromatic rings. The minimum absolute atomic E-state index is 0.345. The highest BCUT2D eigenvalue weighted by Crippen LogP contribution is 2.44. The lowest BCUT2D eigenvalue weighted by Crippen LogP contribution is -2.51. The lowest BCUT2D eigenvalue weighted by atomic mass is 9.73. The van der Waals surface area contributed by atoms with Crippen LogP contribution in [0, 0.1) is 13.8 Å². The summed E-state index contributed by atoms with van der Waals surface area (Å²) in [7, 11) is 0. The maximum atomic E-state index is 3.96. The molecule has 1 N–H and O–H groups in total. The Hall–Kier alpha value is -1.02. The average Bonchev–Trinajstić information content (AvgIpc) is 2.41. The molecule has 1 fully saturated rings. The number of anilines is 1. The number of hydrogen-bond donors (Lipinski definition) is 1. The second-order valence-electron chi connectivity index (χ2n) is 6.99. The van der Waals surface area contributed by atoms with Gasteiger partial charge < -0.3 is 10.2 Å². The molecule has 1 aromatic carbocycles.